The fourth-order valence-corrected chi connectivity index (χ4v) is 2.67. The Morgan fingerprint density at radius 1 is 1.00 bits per heavy atom. The molecule has 1 heterocycles. The summed E-state index contributed by atoms with van der Waals surface area (Å²) in [6.07, 6.45) is 0. The van der Waals surface area contributed by atoms with Crippen molar-refractivity contribution in [2.24, 2.45) is 7.05 Å². The Bertz CT molecular complexity index is 1020. The highest BCUT2D eigenvalue weighted by molar-refractivity contribution is 6.37. The fourth-order valence-electron chi connectivity index (χ4n) is 2.67. The molecule has 0 bridgehead atoms. The Morgan fingerprint density at radius 3 is 2.22 bits per heavy atom. The number of nitrogens with one attached hydrogen (secondary N) is 1. The van der Waals surface area contributed by atoms with Crippen LogP contribution in [-0.4, -0.2) is 21.2 Å². The molecule has 7 nitrogen and oxygen atoms in total. The van der Waals surface area contributed by atoms with Crippen LogP contribution in [0.5, 0.6) is 0 Å². The van der Waals surface area contributed by atoms with Crippen LogP contribution in [0, 0.1) is 6.92 Å². The van der Waals surface area contributed by atoms with Crippen molar-refractivity contribution in [3.8, 4) is 5.69 Å². The maximum Gasteiger partial charge on any atom is 0.397 e. The van der Waals surface area contributed by atoms with Gasteiger partial charge < -0.3 is 10.1 Å². The van der Waals surface area contributed by atoms with Gasteiger partial charge in [-0.25, -0.2) is 9.48 Å². The first-order valence-corrected chi connectivity index (χ1v) is 8.35. The Morgan fingerprint density at radius 2 is 1.59 bits per heavy atom. The Kier molecular flexibility index (Phi) is 5.21. The van der Waals surface area contributed by atoms with Crippen LogP contribution in [0.2, 0.25) is 0 Å². The standard InChI is InChI=1S/C20H19N3O4/c1-14-17(19(25)23(22(14)2)16-11-7-4-8-12-16)21-18(24)20(26)27-13-15-9-5-3-6-10-15/h3-12H,13H2,1-2H3,(H,21,24). The van der Waals surface area contributed by atoms with E-state index in [1.807, 2.05) is 36.4 Å². The zero-order valence-corrected chi connectivity index (χ0v) is 15.0. The van der Waals surface area contributed by atoms with Gasteiger partial charge in [0.2, 0.25) is 0 Å². The molecule has 7 heteroatoms. The third-order valence-electron chi connectivity index (χ3n) is 4.19. The number of carbonyl (C=O) groups excluding carboxylic acids is 2. The van der Waals surface area contributed by atoms with Crippen LogP contribution >= 0.6 is 0 Å². The van der Waals surface area contributed by atoms with Gasteiger partial charge in [0.1, 0.15) is 12.3 Å². The van der Waals surface area contributed by atoms with Gasteiger partial charge in [-0.05, 0) is 24.6 Å². The lowest BCUT2D eigenvalue weighted by molar-refractivity contribution is -0.153. The average Bonchev–Trinajstić information content (AvgIpc) is 2.90. The monoisotopic (exact) mass is 365 g/mol. The largest absolute Gasteiger partial charge is 0.454 e. The first-order chi connectivity index (χ1) is 13.0. The van der Waals surface area contributed by atoms with Crippen molar-refractivity contribution >= 4 is 17.6 Å². The van der Waals surface area contributed by atoms with Crippen LogP contribution in [0.25, 0.3) is 5.69 Å². The molecule has 0 saturated carbocycles. The lowest BCUT2D eigenvalue weighted by atomic mass is 10.2. The molecule has 27 heavy (non-hydrogen) atoms. The number of nitrogens with zero attached hydrogens (tertiary/aromatic N) is 2. The van der Waals surface area contributed by atoms with Crippen LogP contribution in [0.4, 0.5) is 5.69 Å². The van der Waals surface area contributed by atoms with E-state index in [0.29, 0.717) is 11.4 Å². The summed E-state index contributed by atoms with van der Waals surface area (Å²) in [5, 5.41) is 2.38. The van der Waals surface area contributed by atoms with E-state index in [4.69, 9.17) is 4.74 Å². The van der Waals surface area contributed by atoms with E-state index in [9.17, 15) is 14.4 Å². The summed E-state index contributed by atoms with van der Waals surface area (Å²) in [4.78, 5) is 36.8. The Hall–Kier alpha value is -3.61. The van der Waals surface area contributed by atoms with Gasteiger partial charge in [0.25, 0.3) is 5.56 Å². The van der Waals surface area contributed by atoms with E-state index in [-0.39, 0.29) is 12.3 Å². The molecule has 0 fully saturated rings. The van der Waals surface area contributed by atoms with Gasteiger partial charge in [0.15, 0.2) is 0 Å². The summed E-state index contributed by atoms with van der Waals surface area (Å²) in [5.41, 5.74) is 1.56. The Labute approximate surface area is 155 Å². The molecule has 0 atom stereocenters. The second-order valence-electron chi connectivity index (χ2n) is 5.95. The van der Waals surface area contributed by atoms with Crippen molar-refractivity contribution in [1.29, 1.82) is 0 Å². The SMILES string of the molecule is Cc1c(NC(=O)C(=O)OCc2ccccc2)c(=O)n(-c2ccccc2)n1C. The van der Waals surface area contributed by atoms with Gasteiger partial charge in [-0.3, -0.25) is 14.3 Å². The number of rotatable bonds is 4. The topological polar surface area (TPSA) is 82.3 Å². The molecule has 0 aliphatic rings. The molecule has 0 aliphatic heterocycles. The van der Waals surface area contributed by atoms with Crippen molar-refractivity contribution < 1.29 is 14.3 Å². The molecule has 3 aromatic rings. The summed E-state index contributed by atoms with van der Waals surface area (Å²) in [5.74, 6) is -2.04. The van der Waals surface area contributed by atoms with Crippen LogP contribution in [0.15, 0.2) is 65.5 Å². The highest BCUT2D eigenvalue weighted by Gasteiger charge is 2.22. The number of hydrogen-bond acceptors (Lipinski definition) is 4. The van der Waals surface area contributed by atoms with E-state index >= 15 is 0 Å². The molecule has 0 unspecified atom stereocenters. The highest BCUT2D eigenvalue weighted by Crippen LogP contribution is 2.14. The van der Waals surface area contributed by atoms with Gasteiger partial charge in [0, 0.05) is 7.05 Å². The zero-order valence-electron chi connectivity index (χ0n) is 15.0. The quantitative estimate of drug-likeness (QED) is 0.567. The van der Waals surface area contributed by atoms with Crippen molar-refractivity contribution in [2.45, 2.75) is 13.5 Å². The van der Waals surface area contributed by atoms with Crippen molar-refractivity contribution in [3.63, 3.8) is 0 Å². The van der Waals surface area contributed by atoms with E-state index in [1.54, 1.807) is 42.9 Å². The van der Waals surface area contributed by atoms with E-state index in [0.717, 1.165) is 5.56 Å². The van der Waals surface area contributed by atoms with Gasteiger partial charge in [-0.1, -0.05) is 48.5 Å². The van der Waals surface area contributed by atoms with Crippen LogP contribution < -0.4 is 10.9 Å². The Balaban J connectivity index is 1.76. The number of anilines is 1. The van der Waals surface area contributed by atoms with Crippen LogP contribution in [0.1, 0.15) is 11.3 Å². The average molecular weight is 365 g/mol. The fraction of sp³-hybridized carbons (Fsp3) is 0.150. The number of aromatic nitrogens is 2. The number of para-hydroxylation sites is 1. The molecule has 3 rings (SSSR count). The highest BCUT2D eigenvalue weighted by atomic mass is 16.5. The minimum absolute atomic E-state index is 0.0187. The second kappa shape index (κ2) is 7.74. The normalized spacial score (nSPS) is 10.4. The van der Waals surface area contributed by atoms with Gasteiger partial charge in [-0.15, -0.1) is 0 Å². The van der Waals surface area contributed by atoms with E-state index in [2.05, 4.69) is 5.32 Å². The first kappa shape index (κ1) is 18.2. The summed E-state index contributed by atoms with van der Waals surface area (Å²) in [6.45, 7) is 1.67. The number of ether oxygens (including phenoxy) is 1. The first-order valence-electron chi connectivity index (χ1n) is 8.35. The van der Waals surface area contributed by atoms with Gasteiger partial charge in [0.05, 0.1) is 11.4 Å². The number of carbonyl (C=O) groups is 2. The number of benzene rings is 2. The lowest BCUT2D eigenvalue weighted by Gasteiger charge is -2.07. The molecular formula is C20H19N3O4. The van der Waals surface area contributed by atoms with Gasteiger partial charge in [-0.2, -0.15) is 0 Å². The molecule has 0 radical (unpaired) electrons. The van der Waals surface area contributed by atoms with Crippen LogP contribution in [0.3, 0.4) is 0 Å². The molecule has 138 valence electrons. The summed E-state index contributed by atoms with van der Waals surface area (Å²) < 4.78 is 8.03. The third-order valence-corrected chi connectivity index (χ3v) is 4.19. The van der Waals surface area contributed by atoms with Crippen molar-refractivity contribution in [1.82, 2.24) is 9.36 Å². The zero-order chi connectivity index (χ0) is 19.4. The predicted molar refractivity (Wildman–Crippen MR) is 101 cm³/mol. The molecule has 1 aromatic heterocycles. The lowest BCUT2D eigenvalue weighted by Crippen LogP contribution is -2.28. The summed E-state index contributed by atoms with van der Waals surface area (Å²) >= 11 is 0. The number of hydrogen-bond donors (Lipinski definition) is 1. The third kappa shape index (κ3) is 3.82. The van der Waals surface area contributed by atoms with Crippen molar-refractivity contribution in [2.75, 3.05) is 5.32 Å². The maximum absolute atomic E-state index is 12.7. The summed E-state index contributed by atoms with van der Waals surface area (Å²) in [6, 6.07) is 18.0. The van der Waals surface area contributed by atoms with Gasteiger partial charge >= 0.3 is 11.9 Å². The second-order valence-corrected chi connectivity index (χ2v) is 5.95. The maximum atomic E-state index is 12.7. The predicted octanol–water partition coefficient (Wildman–Crippen LogP) is 2.17. The molecule has 0 saturated heterocycles. The molecule has 1 amide bonds. The van der Waals surface area contributed by atoms with Crippen LogP contribution in [-0.2, 0) is 28.0 Å². The number of amides is 1. The molecule has 1 N–H and O–H groups in total. The molecular weight excluding hydrogens is 346 g/mol. The number of esters is 1. The van der Waals surface area contributed by atoms with E-state index in [1.165, 1.54) is 4.68 Å². The smallest absolute Gasteiger partial charge is 0.397 e. The minimum atomic E-state index is -1.05. The molecule has 2 aromatic carbocycles. The molecule has 0 spiro atoms. The van der Waals surface area contributed by atoms with Crippen molar-refractivity contribution in [3.05, 3.63) is 82.3 Å². The minimum Gasteiger partial charge on any atom is -0.454 e. The summed E-state index contributed by atoms with van der Waals surface area (Å²) in [7, 11) is 1.70. The molecule has 0 aliphatic carbocycles. The van der Waals surface area contributed by atoms with E-state index < -0.39 is 17.4 Å².